The second kappa shape index (κ2) is 4.23. The first kappa shape index (κ1) is 11.5. The Kier molecular flexibility index (Phi) is 2.69. The van der Waals surface area contributed by atoms with Crippen LogP contribution >= 0.6 is 0 Å². The van der Waals surface area contributed by atoms with Gasteiger partial charge in [0.05, 0.1) is 11.1 Å². The van der Waals surface area contributed by atoms with Crippen molar-refractivity contribution in [3.63, 3.8) is 0 Å². The van der Waals surface area contributed by atoms with Gasteiger partial charge in [-0.3, -0.25) is 14.5 Å². The lowest BCUT2D eigenvalue weighted by molar-refractivity contribution is 0.0629. The van der Waals surface area contributed by atoms with Crippen LogP contribution in [0.15, 0.2) is 24.3 Å². The molecule has 0 aromatic heterocycles. The summed E-state index contributed by atoms with van der Waals surface area (Å²) in [6, 6.07) is 7.11. The largest absolute Gasteiger partial charge is 0.274 e. The molecule has 0 unspecified atom stereocenters. The molecule has 3 rings (SSSR count). The Bertz CT molecular complexity index is 474. The summed E-state index contributed by atoms with van der Waals surface area (Å²) in [7, 11) is 0. The van der Waals surface area contributed by atoms with Gasteiger partial charge in [0.2, 0.25) is 0 Å². The third-order valence-electron chi connectivity index (χ3n) is 4.12. The molecule has 3 nitrogen and oxygen atoms in total. The molecule has 94 valence electrons. The fourth-order valence-electron chi connectivity index (χ4n) is 3.15. The van der Waals surface area contributed by atoms with E-state index in [0.717, 1.165) is 18.8 Å². The van der Waals surface area contributed by atoms with Crippen molar-refractivity contribution >= 4 is 11.8 Å². The van der Waals surface area contributed by atoms with Gasteiger partial charge in [0, 0.05) is 6.54 Å². The fourth-order valence-corrected chi connectivity index (χ4v) is 3.15. The second-order valence-corrected chi connectivity index (χ2v) is 5.55. The Labute approximate surface area is 107 Å². The molecular weight excluding hydrogens is 226 g/mol. The van der Waals surface area contributed by atoms with Gasteiger partial charge in [-0.15, -0.1) is 0 Å². The standard InChI is InChI=1S/C15H17NO2/c1-10-6-7-11(8-10)9-16-14(17)12-4-2-3-5-13(12)15(16)18/h2-5,10-11H,6-9H2,1H3/t10-,11+/m1/s1. The van der Waals surface area contributed by atoms with Crippen molar-refractivity contribution in [1.82, 2.24) is 4.90 Å². The van der Waals surface area contributed by atoms with Crippen LogP contribution in [-0.4, -0.2) is 23.3 Å². The molecule has 1 fully saturated rings. The third kappa shape index (κ3) is 1.74. The Morgan fingerprint density at radius 2 is 1.72 bits per heavy atom. The number of imide groups is 1. The van der Waals surface area contributed by atoms with Gasteiger partial charge in [0.1, 0.15) is 0 Å². The maximum Gasteiger partial charge on any atom is 0.261 e. The summed E-state index contributed by atoms with van der Waals surface area (Å²) in [6.45, 7) is 2.83. The van der Waals surface area contributed by atoms with Gasteiger partial charge in [-0.05, 0) is 36.8 Å². The van der Waals surface area contributed by atoms with E-state index < -0.39 is 0 Å². The second-order valence-electron chi connectivity index (χ2n) is 5.55. The van der Waals surface area contributed by atoms with E-state index in [2.05, 4.69) is 6.92 Å². The normalized spacial score (nSPS) is 26.8. The van der Waals surface area contributed by atoms with Crippen molar-refractivity contribution in [2.75, 3.05) is 6.54 Å². The monoisotopic (exact) mass is 243 g/mol. The Balaban J connectivity index is 1.80. The van der Waals surface area contributed by atoms with Crippen molar-refractivity contribution in [3.8, 4) is 0 Å². The van der Waals surface area contributed by atoms with Crippen molar-refractivity contribution in [2.24, 2.45) is 11.8 Å². The SMILES string of the molecule is C[C@@H]1CC[C@H](CN2C(=O)c3ccccc3C2=O)C1. The van der Waals surface area contributed by atoms with E-state index in [1.807, 2.05) is 12.1 Å². The summed E-state index contributed by atoms with van der Waals surface area (Å²) < 4.78 is 0. The van der Waals surface area contributed by atoms with Crippen LogP contribution < -0.4 is 0 Å². The molecule has 0 saturated heterocycles. The highest BCUT2D eigenvalue weighted by atomic mass is 16.2. The zero-order chi connectivity index (χ0) is 12.7. The topological polar surface area (TPSA) is 37.4 Å². The lowest BCUT2D eigenvalue weighted by atomic mass is 10.1. The van der Waals surface area contributed by atoms with Gasteiger partial charge < -0.3 is 0 Å². The summed E-state index contributed by atoms with van der Waals surface area (Å²) in [5, 5.41) is 0. The number of rotatable bonds is 2. The van der Waals surface area contributed by atoms with Crippen molar-refractivity contribution < 1.29 is 9.59 Å². The molecule has 1 aliphatic carbocycles. The van der Waals surface area contributed by atoms with Crippen LogP contribution in [0.4, 0.5) is 0 Å². The number of carbonyl (C=O) groups is 2. The van der Waals surface area contributed by atoms with E-state index in [4.69, 9.17) is 0 Å². The number of carbonyl (C=O) groups excluding carboxylic acids is 2. The molecule has 2 atom stereocenters. The lowest BCUT2D eigenvalue weighted by Crippen LogP contribution is -2.34. The van der Waals surface area contributed by atoms with Crippen molar-refractivity contribution in [2.45, 2.75) is 26.2 Å². The summed E-state index contributed by atoms with van der Waals surface area (Å²) in [5.41, 5.74) is 1.13. The van der Waals surface area contributed by atoms with Gasteiger partial charge >= 0.3 is 0 Å². The fraction of sp³-hybridized carbons (Fsp3) is 0.467. The van der Waals surface area contributed by atoms with Crippen LogP contribution in [0.25, 0.3) is 0 Å². The van der Waals surface area contributed by atoms with Crippen LogP contribution in [-0.2, 0) is 0 Å². The number of hydrogen-bond donors (Lipinski definition) is 0. The maximum atomic E-state index is 12.2. The summed E-state index contributed by atoms with van der Waals surface area (Å²) >= 11 is 0. The maximum absolute atomic E-state index is 12.2. The first-order chi connectivity index (χ1) is 8.66. The molecule has 0 spiro atoms. The number of benzene rings is 1. The number of hydrogen-bond acceptors (Lipinski definition) is 2. The van der Waals surface area contributed by atoms with E-state index in [9.17, 15) is 9.59 Å². The molecule has 3 heteroatoms. The van der Waals surface area contributed by atoms with E-state index >= 15 is 0 Å². The molecule has 0 N–H and O–H groups in total. The molecule has 1 saturated carbocycles. The molecule has 1 aromatic rings. The van der Waals surface area contributed by atoms with Crippen molar-refractivity contribution in [3.05, 3.63) is 35.4 Å². The average Bonchev–Trinajstić information content (AvgIpc) is 2.88. The molecule has 18 heavy (non-hydrogen) atoms. The van der Waals surface area contributed by atoms with Crippen LogP contribution in [0.5, 0.6) is 0 Å². The van der Waals surface area contributed by atoms with E-state index in [-0.39, 0.29) is 11.8 Å². The zero-order valence-corrected chi connectivity index (χ0v) is 10.6. The predicted molar refractivity (Wildman–Crippen MR) is 68.3 cm³/mol. The zero-order valence-electron chi connectivity index (χ0n) is 10.6. The van der Waals surface area contributed by atoms with E-state index in [1.54, 1.807) is 12.1 Å². The first-order valence-corrected chi connectivity index (χ1v) is 6.62. The molecule has 1 aliphatic heterocycles. The summed E-state index contributed by atoms with van der Waals surface area (Å²) in [5.74, 6) is 0.984. The molecule has 2 amide bonds. The smallest absolute Gasteiger partial charge is 0.261 e. The average molecular weight is 243 g/mol. The summed E-state index contributed by atoms with van der Waals surface area (Å²) in [4.78, 5) is 25.8. The minimum Gasteiger partial charge on any atom is -0.274 e. The number of amides is 2. The lowest BCUT2D eigenvalue weighted by Gasteiger charge is -2.18. The minimum atomic E-state index is -0.116. The quantitative estimate of drug-likeness (QED) is 0.749. The molecule has 0 bridgehead atoms. The van der Waals surface area contributed by atoms with Crippen LogP contribution in [0, 0.1) is 11.8 Å². The van der Waals surface area contributed by atoms with Gasteiger partial charge in [-0.1, -0.05) is 25.5 Å². The van der Waals surface area contributed by atoms with E-state index in [1.165, 1.54) is 11.3 Å². The van der Waals surface area contributed by atoms with Crippen molar-refractivity contribution in [1.29, 1.82) is 0 Å². The molecule has 2 aliphatic rings. The Morgan fingerprint density at radius 1 is 1.11 bits per heavy atom. The highest BCUT2D eigenvalue weighted by Crippen LogP contribution is 2.33. The number of nitrogens with zero attached hydrogens (tertiary/aromatic N) is 1. The molecule has 0 radical (unpaired) electrons. The molecule has 1 aromatic carbocycles. The van der Waals surface area contributed by atoms with Gasteiger partial charge in [0.15, 0.2) is 0 Å². The van der Waals surface area contributed by atoms with Gasteiger partial charge in [0.25, 0.3) is 11.8 Å². The van der Waals surface area contributed by atoms with Crippen LogP contribution in [0.2, 0.25) is 0 Å². The minimum absolute atomic E-state index is 0.116. The number of fused-ring (bicyclic) bond motifs is 1. The Morgan fingerprint density at radius 3 is 2.22 bits per heavy atom. The van der Waals surface area contributed by atoms with Crippen LogP contribution in [0.1, 0.15) is 46.9 Å². The third-order valence-corrected chi connectivity index (χ3v) is 4.12. The Hall–Kier alpha value is -1.64. The predicted octanol–water partition coefficient (Wildman–Crippen LogP) is 2.72. The van der Waals surface area contributed by atoms with Gasteiger partial charge in [-0.25, -0.2) is 0 Å². The highest BCUT2D eigenvalue weighted by molar-refractivity contribution is 6.21. The molecular formula is C15H17NO2. The van der Waals surface area contributed by atoms with E-state index in [0.29, 0.717) is 23.6 Å². The van der Waals surface area contributed by atoms with Gasteiger partial charge in [-0.2, -0.15) is 0 Å². The summed E-state index contributed by atoms with van der Waals surface area (Å²) in [6.07, 6.45) is 3.48. The van der Waals surface area contributed by atoms with Crippen LogP contribution in [0.3, 0.4) is 0 Å². The molecule has 1 heterocycles. The highest BCUT2D eigenvalue weighted by Gasteiger charge is 2.37. The first-order valence-electron chi connectivity index (χ1n) is 6.62.